The number of rotatable bonds is 8. The van der Waals surface area contributed by atoms with Crippen LogP contribution in [0, 0.1) is 0 Å². The molecule has 3 atom stereocenters. The van der Waals surface area contributed by atoms with E-state index in [9.17, 15) is 18.6 Å². The van der Waals surface area contributed by atoms with Gasteiger partial charge in [0.1, 0.15) is 11.3 Å². The Hall–Kier alpha value is -1.85. The van der Waals surface area contributed by atoms with E-state index < -0.39 is 27.8 Å². The first-order valence-electron chi connectivity index (χ1n) is 10.9. The van der Waals surface area contributed by atoms with Crippen LogP contribution in [0.2, 0.25) is 0 Å². The molecule has 0 unspecified atom stereocenters. The van der Waals surface area contributed by atoms with Crippen LogP contribution in [0.3, 0.4) is 0 Å². The summed E-state index contributed by atoms with van der Waals surface area (Å²) in [6.45, 7) is 0.311. The molecule has 2 fully saturated rings. The molecule has 1 aliphatic carbocycles. The van der Waals surface area contributed by atoms with Crippen molar-refractivity contribution in [2.24, 2.45) is 0 Å². The predicted molar refractivity (Wildman–Crippen MR) is 113 cm³/mol. The number of nitrogens with zero attached hydrogens (tertiary/aromatic N) is 3. The third-order valence-corrected chi connectivity index (χ3v) is 7.79. The summed E-state index contributed by atoms with van der Waals surface area (Å²) >= 11 is 0. The molecule has 0 amide bonds. The lowest BCUT2D eigenvalue weighted by molar-refractivity contribution is -0.0891. The molecule has 9 nitrogen and oxygen atoms in total. The van der Waals surface area contributed by atoms with Crippen LogP contribution >= 0.6 is 0 Å². The summed E-state index contributed by atoms with van der Waals surface area (Å²) in [5.74, 6) is 0. The van der Waals surface area contributed by atoms with E-state index in [4.69, 9.17) is 4.74 Å². The summed E-state index contributed by atoms with van der Waals surface area (Å²) in [6.07, 6.45) is 6.41. The minimum Gasteiger partial charge on any atom is -0.394 e. The molecule has 2 aromatic rings. The van der Waals surface area contributed by atoms with E-state index in [1.807, 2.05) is 0 Å². The number of hydrogen-bond acceptors (Lipinski definition) is 7. The summed E-state index contributed by atoms with van der Waals surface area (Å²) < 4.78 is 35.6. The number of aliphatic hydroxyl groups is 2. The summed E-state index contributed by atoms with van der Waals surface area (Å²) in [4.78, 5) is 0.194. The van der Waals surface area contributed by atoms with Crippen LogP contribution in [-0.2, 0) is 26.9 Å². The maximum atomic E-state index is 12.6. The fourth-order valence-corrected chi connectivity index (χ4v) is 5.78. The first-order chi connectivity index (χ1) is 14.9. The van der Waals surface area contributed by atoms with Crippen LogP contribution in [-0.4, -0.2) is 58.5 Å². The van der Waals surface area contributed by atoms with E-state index in [1.54, 1.807) is 29.1 Å². The second-order valence-electron chi connectivity index (χ2n) is 8.49. The molecule has 0 bridgehead atoms. The maximum absolute atomic E-state index is 12.6. The van der Waals surface area contributed by atoms with Crippen LogP contribution < -0.4 is 4.72 Å². The first-order valence-corrected chi connectivity index (χ1v) is 12.3. The van der Waals surface area contributed by atoms with E-state index in [0.717, 1.165) is 25.7 Å². The van der Waals surface area contributed by atoms with Gasteiger partial charge in [-0.05, 0) is 44.2 Å². The van der Waals surface area contributed by atoms with Crippen LogP contribution in [0.1, 0.15) is 50.6 Å². The second-order valence-corrected chi connectivity index (χ2v) is 10.2. The van der Waals surface area contributed by atoms with Crippen molar-refractivity contribution in [1.82, 2.24) is 19.7 Å². The Kier molecular flexibility index (Phi) is 6.73. The zero-order chi connectivity index (χ0) is 21.9. The minimum absolute atomic E-state index is 0.114. The van der Waals surface area contributed by atoms with Gasteiger partial charge in [-0.25, -0.2) is 13.1 Å². The van der Waals surface area contributed by atoms with Gasteiger partial charge in [0.2, 0.25) is 10.0 Å². The number of aliphatic hydroxyl groups excluding tert-OH is 1. The number of benzene rings is 1. The Bertz CT molecular complexity index is 959. The normalized spacial score (nSPS) is 26.2. The maximum Gasteiger partial charge on any atom is 0.240 e. The lowest BCUT2D eigenvalue weighted by atomic mass is 9.98. The van der Waals surface area contributed by atoms with Gasteiger partial charge in [0, 0.05) is 6.54 Å². The van der Waals surface area contributed by atoms with Gasteiger partial charge in [-0.1, -0.05) is 36.3 Å². The molecule has 2 aliphatic rings. The van der Waals surface area contributed by atoms with Crippen LogP contribution in [0.4, 0.5) is 0 Å². The molecule has 4 rings (SSSR count). The van der Waals surface area contributed by atoms with Gasteiger partial charge >= 0.3 is 0 Å². The van der Waals surface area contributed by atoms with Gasteiger partial charge < -0.3 is 14.9 Å². The molecule has 170 valence electrons. The second kappa shape index (κ2) is 9.33. The van der Waals surface area contributed by atoms with E-state index in [0.29, 0.717) is 31.5 Å². The van der Waals surface area contributed by atoms with Crippen molar-refractivity contribution < 1.29 is 23.4 Å². The summed E-state index contributed by atoms with van der Waals surface area (Å²) in [7, 11) is -3.67. The van der Waals surface area contributed by atoms with E-state index in [2.05, 4.69) is 15.0 Å². The van der Waals surface area contributed by atoms with Crippen molar-refractivity contribution in [2.45, 2.75) is 80.2 Å². The standard InChI is InChI=1S/C21H30N4O5S/c26-15-19-18(23-31(28,29)17-6-2-1-3-7-17)9-8-16(30-19)10-13-25-14-20(22-24-25)21(27)11-4-5-12-21/h1-3,6-7,14,16,18-19,23,26-27H,4-5,8-13,15H2/t16-,18+,19+/m1/s1. The molecule has 2 heterocycles. The third kappa shape index (κ3) is 5.15. The van der Waals surface area contributed by atoms with Crippen molar-refractivity contribution in [3.63, 3.8) is 0 Å². The number of hydrogen-bond donors (Lipinski definition) is 3. The van der Waals surface area contributed by atoms with Gasteiger partial charge in [-0.2, -0.15) is 0 Å². The Morgan fingerprint density at radius 3 is 2.65 bits per heavy atom. The van der Waals surface area contributed by atoms with Crippen molar-refractivity contribution in [2.75, 3.05) is 6.61 Å². The predicted octanol–water partition coefficient (Wildman–Crippen LogP) is 1.32. The number of aromatic nitrogens is 3. The highest BCUT2D eigenvalue weighted by Gasteiger charge is 2.36. The van der Waals surface area contributed by atoms with Gasteiger partial charge in [-0.3, -0.25) is 4.68 Å². The quantitative estimate of drug-likeness (QED) is 0.553. The molecule has 1 saturated carbocycles. The summed E-state index contributed by atoms with van der Waals surface area (Å²) in [5.41, 5.74) is -0.233. The largest absolute Gasteiger partial charge is 0.394 e. The summed E-state index contributed by atoms with van der Waals surface area (Å²) in [6, 6.07) is 7.70. The molecule has 0 spiro atoms. The van der Waals surface area contributed by atoms with E-state index >= 15 is 0 Å². The Labute approximate surface area is 182 Å². The lowest BCUT2D eigenvalue weighted by Crippen LogP contribution is -2.50. The topological polar surface area (TPSA) is 127 Å². The molecule has 1 aromatic heterocycles. The fraction of sp³-hybridized carbons (Fsp3) is 0.619. The van der Waals surface area contributed by atoms with Gasteiger partial charge in [0.25, 0.3) is 0 Å². The fourth-order valence-electron chi connectivity index (χ4n) is 4.46. The zero-order valence-corrected chi connectivity index (χ0v) is 18.2. The highest BCUT2D eigenvalue weighted by atomic mass is 32.2. The highest BCUT2D eigenvalue weighted by Crippen LogP contribution is 2.37. The van der Waals surface area contributed by atoms with Crippen molar-refractivity contribution >= 4 is 10.0 Å². The average Bonchev–Trinajstić information content (AvgIpc) is 3.43. The SMILES string of the molecule is O=S(=O)(N[C@H]1CC[C@H](CCn2cc(C3(O)CCCC3)nn2)O[C@H]1CO)c1ccccc1. The van der Waals surface area contributed by atoms with E-state index in [-0.39, 0.29) is 17.6 Å². The molecule has 0 radical (unpaired) electrons. The molecule has 3 N–H and O–H groups in total. The number of aryl methyl sites for hydroxylation is 1. The van der Waals surface area contributed by atoms with Crippen LogP contribution in [0.25, 0.3) is 0 Å². The van der Waals surface area contributed by atoms with Crippen molar-refractivity contribution in [3.05, 3.63) is 42.2 Å². The van der Waals surface area contributed by atoms with Crippen LogP contribution in [0.15, 0.2) is 41.4 Å². The number of nitrogens with one attached hydrogen (secondary N) is 1. The van der Waals surface area contributed by atoms with Crippen molar-refractivity contribution in [1.29, 1.82) is 0 Å². The summed E-state index contributed by atoms with van der Waals surface area (Å²) in [5, 5.41) is 28.7. The number of ether oxygens (including phenoxy) is 1. The third-order valence-electron chi connectivity index (χ3n) is 6.28. The number of sulfonamides is 1. The Morgan fingerprint density at radius 2 is 1.94 bits per heavy atom. The monoisotopic (exact) mass is 450 g/mol. The molecule has 10 heteroatoms. The first kappa shape index (κ1) is 22.3. The lowest BCUT2D eigenvalue weighted by Gasteiger charge is -2.36. The molecule has 1 aliphatic heterocycles. The molecular weight excluding hydrogens is 420 g/mol. The molecule has 1 aromatic carbocycles. The molecule has 1 saturated heterocycles. The van der Waals surface area contributed by atoms with Crippen LogP contribution in [0.5, 0.6) is 0 Å². The average molecular weight is 451 g/mol. The van der Waals surface area contributed by atoms with Gasteiger partial charge in [0.15, 0.2) is 0 Å². The van der Waals surface area contributed by atoms with Crippen molar-refractivity contribution in [3.8, 4) is 0 Å². The minimum atomic E-state index is -3.67. The highest BCUT2D eigenvalue weighted by molar-refractivity contribution is 7.89. The Morgan fingerprint density at radius 1 is 1.19 bits per heavy atom. The Balaban J connectivity index is 1.31. The molecule has 31 heavy (non-hydrogen) atoms. The molecular formula is C21H30N4O5S. The van der Waals surface area contributed by atoms with E-state index in [1.165, 1.54) is 12.1 Å². The smallest absolute Gasteiger partial charge is 0.240 e. The van der Waals surface area contributed by atoms with Gasteiger partial charge in [-0.15, -0.1) is 5.10 Å². The zero-order valence-electron chi connectivity index (χ0n) is 17.4. The van der Waals surface area contributed by atoms with Gasteiger partial charge in [0.05, 0.1) is 35.9 Å².